The first-order valence-electron chi connectivity index (χ1n) is 12.3. The fourth-order valence-corrected chi connectivity index (χ4v) is 5.78. The molecule has 3 aliphatic rings. The molecule has 2 aromatic carbocycles. The van der Waals surface area contributed by atoms with E-state index in [0.29, 0.717) is 33.9 Å². The minimum atomic E-state index is -0.728. The Balaban J connectivity index is 1.56. The van der Waals surface area contributed by atoms with Crippen LogP contribution in [0.5, 0.6) is 0 Å². The lowest BCUT2D eigenvalue weighted by molar-refractivity contribution is -0.384. The third kappa shape index (κ3) is 4.67. The number of nitrogens with one attached hydrogen (secondary N) is 1. The molecule has 2 aromatic rings. The molecule has 1 aliphatic heterocycles. The van der Waals surface area contributed by atoms with Gasteiger partial charge in [-0.05, 0) is 68.2 Å². The molecule has 7 nitrogen and oxygen atoms in total. The minimum Gasteiger partial charge on any atom is -0.459 e. The van der Waals surface area contributed by atoms with Gasteiger partial charge in [-0.25, -0.2) is 4.79 Å². The maximum Gasteiger partial charge on any atom is 0.337 e. The molecule has 1 fully saturated rings. The highest BCUT2D eigenvalue weighted by atomic mass is 35.5. The highest BCUT2D eigenvalue weighted by Crippen LogP contribution is 2.46. The summed E-state index contributed by atoms with van der Waals surface area (Å²) < 4.78 is 5.85. The molecule has 0 aromatic heterocycles. The number of ketones is 1. The van der Waals surface area contributed by atoms with E-state index in [1.54, 1.807) is 19.1 Å². The molecule has 8 heteroatoms. The van der Waals surface area contributed by atoms with Crippen LogP contribution in [0.4, 0.5) is 5.69 Å². The topological polar surface area (TPSA) is 98.5 Å². The van der Waals surface area contributed by atoms with Gasteiger partial charge in [-0.1, -0.05) is 35.9 Å². The number of esters is 1. The average Bonchev–Trinajstić information content (AvgIpc) is 3.36. The monoisotopic (exact) mass is 506 g/mol. The van der Waals surface area contributed by atoms with E-state index in [9.17, 15) is 19.7 Å². The van der Waals surface area contributed by atoms with E-state index in [0.717, 1.165) is 36.9 Å². The number of benzene rings is 2. The maximum atomic E-state index is 13.7. The zero-order valence-electron chi connectivity index (χ0n) is 20.0. The number of hydrogen-bond acceptors (Lipinski definition) is 6. The molecule has 0 unspecified atom stereocenters. The minimum absolute atomic E-state index is 0.0356. The number of ether oxygens (including phenoxy) is 1. The number of dihydropyridines is 1. The van der Waals surface area contributed by atoms with Gasteiger partial charge in [0.15, 0.2) is 5.78 Å². The number of carbonyl (C=O) groups excluding carboxylic acids is 2. The van der Waals surface area contributed by atoms with Gasteiger partial charge in [0.05, 0.1) is 10.5 Å². The van der Waals surface area contributed by atoms with Crippen LogP contribution in [0.3, 0.4) is 0 Å². The standard InChI is InChI=1S/C28H27ClN2O5/c1-16-25(28(33)36-22-7-2-3-8-22)26(18-5-4-6-21(13-18)31(34)35)27-23(30-16)14-19(15-24(27)32)17-9-11-20(29)12-10-17/h4-6,9-13,19,22,26,30H,2-3,7-8,14-15H2,1H3/t19-,26-/m0/s1. The number of nitro groups is 1. The Morgan fingerprint density at radius 1 is 1.08 bits per heavy atom. The summed E-state index contributed by atoms with van der Waals surface area (Å²) in [5.74, 6) is -1.32. The lowest BCUT2D eigenvalue weighted by Crippen LogP contribution is -2.36. The van der Waals surface area contributed by atoms with E-state index in [2.05, 4.69) is 5.32 Å². The lowest BCUT2D eigenvalue weighted by Gasteiger charge is -2.37. The zero-order valence-corrected chi connectivity index (χ0v) is 20.7. The first-order valence-corrected chi connectivity index (χ1v) is 12.6. The number of hydrogen-bond donors (Lipinski definition) is 1. The molecule has 5 rings (SSSR count). The molecule has 186 valence electrons. The Hall–Kier alpha value is -3.45. The van der Waals surface area contributed by atoms with Crippen molar-refractivity contribution >= 4 is 29.0 Å². The predicted octanol–water partition coefficient (Wildman–Crippen LogP) is 6.10. The molecular formula is C28H27ClN2O5. The van der Waals surface area contributed by atoms with Gasteiger partial charge in [0, 0.05) is 46.5 Å². The van der Waals surface area contributed by atoms with E-state index in [1.807, 2.05) is 24.3 Å². The summed E-state index contributed by atoms with van der Waals surface area (Å²) >= 11 is 6.05. The summed E-state index contributed by atoms with van der Waals surface area (Å²) in [4.78, 5) is 38.2. The molecule has 0 amide bonds. The number of carbonyl (C=O) groups is 2. The number of rotatable bonds is 5. The number of nitrogens with zero attached hydrogens (tertiary/aromatic N) is 1. The van der Waals surface area contributed by atoms with Gasteiger partial charge in [-0.3, -0.25) is 14.9 Å². The van der Waals surface area contributed by atoms with E-state index in [4.69, 9.17) is 16.3 Å². The highest BCUT2D eigenvalue weighted by molar-refractivity contribution is 6.30. The fourth-order valence-electron chi connectivity index (χ4n) is 5.65. The van der Waals surface area contributed by atoms with Gasteiger partial charge in [-0.2, -0.15) is 0 Å². The van der Waals surface area contributed by atoms with Gasteiger partial charge in [0.2, 0.25) is 0 Å². The molecule has 0 saturated heterocycles. The van der Waals surface area contributed by atoms with Crippen LogP contribution in [0, 0.1) is 10.1 Å². The van der Waals surface area contributed by atoms with Gasteiger partial charge < -0.3 is 10.1 Å². The molecule has 2 atom stereocenters. The van der Waals surface area contributed by atoms with Crippen LogP contribution in [0.2, 0.25) is 5.02 Å². The van der Waals surface area contributed by atoms with Gasteiger partial charge >= 0.3 is 5.97 Å². The van der Waals surface area contributed by atoms with Crippen molar-refractivity contribution in [3.05, 3.63) is 97.3 Å². The quantitative estimate of drug-likeness (QED) is 0.299. The SMILES string of the molecule is CC1=C(C(=O)OC2CCCC2)[C@H](c2cccc([N+](=O)[O-])c2)C2=C(C[C@H](c3ccc(Cl)cc3)CC2=O)N1. The Kier molecular flexibility index (Phi) is 6.67. The number of nitro benzene ring substituents is 1. The third-order valence-corrected chi connectivity index (χ3v) is 7.63. The van der Waals surface area contributed by atoms with Crippen LogP contribution >= 0.6 is 11.6 Å². The molecule has 1 heterocycles. The molecule has 0 spiro atoms. The second-order valence-corrected chi connectivity index (χ2v) is 10.2. The Morgan fingerprint density at radius 2 is 1.81 bits per heavy atom. The van der Waals surface area contributed by atoms with Gasteiger partial charge in [0.1, 0.15) is 6.10 Å². The van der Waals surface area contributed by atoms with Gasteiger partial charge in [-0.15, -0.1) is 0 Å². The van der Waals surface area contributed by atoms with Crippen molar-refractivity contribution in [3.8, 4) is 0 Å². The number of halogens is 1. The summed E-state index contributed by atoms with van der Waals surface area (Å²) in [6, 6.07) is 13.7. The van der Waals surface area contributed by atoms with E-state index >= 15 is 0 Å². The van der Waals surface area contributed by atoms with Crippen LogP contribution in [0.1, 0.15) is 68.4 Å². The van der Waals surface area contributed by atoms with Crippen LogP contribution in [0.25, 0.3) is 0 Å². The molecule has 1 N–H and O–H groups in total. The highest BCUT2D eigenvalue weighted by Gasteiger charge is 2.42. The van der Waals surface area contributed by atoms with Crippen molar-refractivity contribution in [3.63, 3.8) is 0 Å². The molecule has 0 radical (unpaired) electrons. The predicted molar refractivity (Wildman–Crippen MR) is 135 cm³/mol. The van der Waals surface area contributed by atoms with Crippen molar-refractivity contribution in [2.75, 3.05) is 0 Å². The fraction of sp³-hybridized carbons (Fsp3) is 0.357. The molecule has 36 heavy (non-hydrogen) atoms. The number of non-ortho nitro benzene ring substituents is 1. The van der Waals surface area contributed by atoms with E-state index < -0.39 is 16.8 Å². The van der Waals surface area contributed by atoms with Crippen LogP contribution < -0.4 is 5.32 Å². The summed E-state index contributed by atoms with van der Waals surface area (Å²) in [7, 11) is 0. The Labute approximate surface area is 214 Å². The third-order valence-electron chi connectivity index (χ3n) is 7.38. The van der Waals surface area contributed by atoms with Crippen LogP contribution in [-0.2, 0) is 14.3 Å². The Bertz CT molecular complexity index is 1290. The zero-order chi connectivity index (χ0) is 25.4. The summed E-state index contributed by atoms with van der Waals surface area (Å²) in [5.41, 5.74) is 3.66. The van der Waals surface area contributed by atoms with Crippen LogP contribution in [0.15, 0.2) is 71.1 Å². The van der Waals surface area contributed by atoms with Crippen molar-refractivity contribution in [2.45, 2.75) is 63.4 Å². The summed E-state index contributed by atoms with van der Waals surface area (Å²) in [6.45, 7) is 1.80. The first kappa shape index (κ1) is 24.3. The van der Waals surface area contributed by atoms with E-state index in [-0.39, 0.29) is 29.9 Å². The second-order valence-electron chi connectivity index (χ2n) is 9.73. The molecule has 2 aliphatic carbocycles. The van der Waals surface area contributed by atoms with Gasteiger partial charge in [0.25, 0.3) is 5.69 Å². The summed E-state index contributed by atoms with van der Waals surface area (Å²) in [6.07, 6.45) is 4.39. The normalized spacial score (nSPS) is 22.3. The molecule has 1 saturated carbocycles. The van der Waals surface area contributed by atoms with Crippen LogP contribution in [-0.4, -0.2) is 22.8 Å². The van der Waals surface area contributed by atoms with Crippen molar-refractivity contribution in [1.29, 1.82) is 0 Å². The number of allylic oxidation sites excluding steroid dienone is 3. The van der Waals surface area contributed by atoms with E-state index in [1.165, 1.54) is 12.1 Å². The molecule has 0 bridgehead atoms. The largest absolute Gasteiger partial charge is 0.459 e. The second kappa shape index (κ2) is 9.90. The average molecular weight is 507 g/mol. The summed E-state index contributed by atoms with van der Waals surface area (Å²) in [5, 5.41) is 15.5. The maximum absolute atomic E-state index is 13.7. The van der Waals surface area contributed by atoms with Crippen molar-refractivity contribution in [2.24, 2.45) is 0 Å². The smallest absolute Gasteiger partial charge is 0.337 e. The molecular weight excluding hydrogens is 480 g/mol. The van der Waals surface area contributed by atoms with Crippen molar-refractivity contribution < 1.29 is 19.2 Å². The lowest BCUT2D eigenvalue weighted by atomic mass is 9.71. The first-order chi connectivity index (χ1) is 17.3. The Morgan fingerprint density at radius 3 is 2.50 bits per heavy atom. The van der Waals surface area contributed by atoms with Crippen molar-refractivity contribution in [1.82, 2.24) is 5.32 Å². The number of Topliss-reactive ketones (excluding diaryl/α,β-unsaturated/α-hetero) is 1.